The van der Waals surface area contributed by atoms with Crippen molar-refractivity contribution in [2.75, 3.05) is 7.11 Å². The first-order valence-electron chi connectivity index (χ1n) is 9.82. The average Bonchev–Trinajstić information content (AvgIpc) is 3.21. The minimum absolute atomic E-state index is 0.128. The highest BCUT2D eigenvalue weighted by atomic mass is 35.5. The molecule has 1 aromatic heterocycles. The highest BCUT2D eigenvalue weighted by molar-refractivity contribution is 6.30. The second-order valence-electron chi connectivity index (χ2n) is 7.36. The van der Waals surface area contributed by atoms with E-state index >= 15 is 0 Å². The molecule has 0 amide bonds. The number of carbonyl (C=O) groups excluding carboxylic acids is 1. The number of ether oxygens (including phenoxy) is 2. The minimum Gasteiger partial charge on any atom is -0.469 e. The highest BCUT2D eigenvalue weighted by Gasteiger charge is 2.32. The van der Waals surface area contributed by atoms with Gasteiger partial charge in [-0.1, -0.05) is 54.1 Å². The lowest BCUT2D eigenvalue weighted by Gasteiger charge is -2.24. The molecule has 0 spiro atoms. The molecule has 0 saturated carbocycles. The van der Waals surface area contributed by atoms with Gasteiger partial charge in [0.25, 0.3) is 0 Å². The molecule has 3 aromatic carbocycles. The van der Waals surface area contributed by atoms with Crippen molar-refractivity contribution in [3.05, 3.63) is 101 Å². The molecule has 4 aromatic rings. The van der Waals surface area contributed by atoms with Crippen molar-refractivity contribution in [1.82, 2.24) is 4.57 Å². The van der Waals surface area contributed by atoms with E-state index < -0.39 is 6.10 Å². The maximum Gasteiger partial charge on any atom is 0.308 e. The molecule has 0 N–H and O–H groups in total. The number of aromatic nitrogens is 1. The third-order valence-electron chi connectivity index (χ3n) is 5.63. The van der Waals surface area contributed by atoms with Crippen LogP contribution in [0.5, 0.6) is 0 Å². The summed E-state index contributed by atoms with van der Waals surface area (Å²) in [5.74, 6) is -0.312. The zero-order chi connectivity index (χ0) is 20.7. The minimum atomic E-state index is -0.456. The van der Waals surface area contributed by atoms with Crippen molar-refractivity contribution in [1.29, 1.82) is 0 Å². The summed E-state index contributed by atoms with van der Waals surface area (Å²) in [7, 11) is 1.40. The van der Waals surface area contributed by atoms with Crippen molar-refractivity contribution >= 4 is 28.3 Å². The number of nitrogens with zero attached hydrogens (tertiary/aromatic N) is 1. The molecule has 0 bridgehead atoms. The lowest BCUT2D eigenvalue weighted by atomic mass is 9.94. The molecule has 0 fully saturated rings. The second-order valence-corrected chi connectivity index (χ2v) is 7.80. The Balaban J connectivity index is 1.75. The summed E-state index contributed by atoms with van der Waals surface area (Å²) in [6.45, 7) is 0. The highest BCUT2D eigenvalue weighted by Crippen LogP contribution is 2.43. The van der Waals surface area contributed by atoms with Gasteiger partial charge in [-0.2, -0.15) is 0 Å². The molecule has 0 saturated heterocycles. The van der Waals surface area contributed by atoms with Crippen LogP contribution in [-0.2, 0) is 14.3 Å². The van der Waals surface area contributed by atoms with Gasteiger partial charge in [0, 0.05) is 16.8 Å². The van der Waals surface area contributed by atoms with Gasteiger partial charge in [0.2, 0.25) is 0 Å². The van der Waals surface area contributed by atoms with E-state index in [1.165, 1.54) is 7.11 Å². The first kappa shape index (κ1) is 18.9. The number of benzene rings is 3. The smallest absolute Gasteiger partial charge is 0.308 e. The molecule has 4 nitrogen and oxygen atoms in total. The molecule has 5 rings (SSSR count). The van der Waals surface area contributed by atoms with E-state index in [0.717, 1.165) is 33.3 Å². The SMILES string of the molecule is COC(=O)C[C@@H]1O[C@@H](c2cccc3ccccc23)c2cc(Cl)ccc2-n2cccc21. The number of hydrogen-bond donors (Lipinski definition) is 0. The zero-order valence-electron chi connectivity index (χ0n) is 16.4. The summed E-state index contributed by atoms with van der Waals surface area (Å²) in [6.07, 6.45) is 1.27. The van der Waals surface area contributed by atoms with Gasteiger partial charge in [-0.3, -0.25) is 4.79 Å². The first-order chi connectivity index (χ1) is 14.7. The van der Waals surface area contributed by atoms with E-state index in [9.17, 15) is 4.79 Å². The van der Waals surface area contributed by atoms with Gasteiger partial charge >= 0.3 is 5.97 Å². The summed E-state index contributed by atoms with van der Waals surface area (Å²) in [6, 6.07) is 24.2. The van der Waals surface area contributed by atoms with Gasteiger partial charge in [0.1, 0.15) is 12.2 Å². The fourth-order valence-corrected chi connectivity index (χ4v) is 4.43. The van der Waals surface area contributed by atoms with Crippen LogP contribution in [0.15, 0.2) is 79.0 Å². The van der Waals surface area contributed by atoms with Crippen LogP contribution in [0.1, 0.15) is 35.4 Å². The molecule has 0 radical (unpaired) electrons. The second kappa shape index (κ2) is 7.63. The van der Waals surface area contributed by atoms with Crippen molar-refractivity contribution < 1.29 is 14.3 Å². The molecular formula is C25H20ClNO3. The summed E-state index contributed by atoms with van der Waals surface area (Å²) < 4.78 is 13.7. The van der Waals surface area contributed by atoms with Crippen molar-refractivity contribution in [3.8, 4) is 5.69 Å². The molecule has 1 aliphatic heterocycles. The summed E-state index contributed by atoms with van der Waals surface area (Å²) in [5, 5.41) is 2.89. The molecule has 1 aliphatic rings. The van der Waals surface area contributed by atoms with Gasteiger partial charge in [-0.05, 0) is 46.7 Å². The lowest BCUT2D eigenvalue weighted by molar-refractivity contribution is -0.145. The average molecular weight is 418 g/mol. The topological polar surface area (TPSA) is 40.5 Å². The predicted molar refractivity (Wildman–Crippen MR) is 117 cm³/mol. The van der Waals surface area contributed by atoms with Gasteiger partial charge in [-0.25, -0.2) is 0 Å². The van der Waals surface area contributed by atoms with Crippen LogP contribution < -0.4 is 0 Å². The summed E-state index contributed by atoms with van der Waals surface area (Å²) in [4.78, 5) is 12.2. The number of fused-ring (bicyclic) bond motifs is 4. The van der Waals surface area contributed by atoms with E-state index in [2.05, 4.69) is 28.8 Å². The van der Waals surface area contributed by atoms with Gasteiger partial charge in [0.05, 0.1) is 24.9 Å². The molecule has 150 valence electrons. The normalized spacial score (nSPS) is 17.8. The van der Waals surface area contributed by atoms with Crippen molar-refractivity contribution in [3.63, 3.8) is 0 Å². The van der Waals surface area contributed by atoms with Crippen LogP contribution in [0, 0.1) is 0 Å². The largest absolute Gasteiger partial charge is 0.469 e. The van der Waals surface area contributed by atoms with E-state index in [-0.39, 0.29) is 18.5 Å². The Morgan fingerprint density at radius 3 is 2.73 bits per heavy atom. The molecule has 2 atom stereocenters. The van der Waals surface area contributed by atoms with E-state index in [4.69, 9.17) is 21.1 Å². The number of hydrogen-bond acceptors (Lipinski definition) is 3. The Morgan fingerprint density at radius 2 is 1.87 bits per heavy atom. The number of halogens is 1. The Hall–Kier alpha value is -3.08. The molecule has 5 heteroatoms. The fraction of sp³-hybridized carbons (Fsp3) is 0.160. The standard InChI is InChI=1S/C25H20ClNO3/c1-29-24(28)15-23-22-10-5-13-27(22)21-12-11-17(26)14-20(21)25(30-23)19-9-4-7-16-6-2-3-8-18(16)19/h2-14,23,25H,15H2,1H3/t23-,25-/m0/s1. The third-order valence-corrected chi connectivity index (χ3v) is 5.86. The van der Waals surface area contributed by atoms with Crippen LogP contribution in [0.4, 0.5) is 0 Å². The number of esters is 1. The Bertz CT molecular complexity index is 1240. The van der Waals surface area contributed by atoms with E-state index in [1.54, 1.807) is 0 Å². The quantitative estimate of drug-likeness (QED) is 0.383. The van der Waals surface area contributed by atoms with Gasteiger partial charge in [0.15, 0.2) is 0 Å². The maximum atomic E-state index is 12.2. The number of carbonyl (C=O) groups is 1. The van der Waals surface area contributed by atoms with Crippen LogP contribution in [-0.4, -0.2) is 17.6 Å². The first-order valence-corrected chi connectivity index (χ1v) is 10.2. The fourth-order valence-electron chi connectivity index (χ4n) is 4.25. The Morgan fingerprint density at radius 1 is 1.03 bits per heavy atom. The third kappa shape index (κ3) is 3.18. The Labute approximate surface area is 179 Å². The molecule has 0 aliphatic carbocycles. The monoisotopic (exact) mass is 417 g/mol. The Kier molecular flexibility index (Phi) is 4.81. The van der Waals surface area contributed by atoms with Crippen LogP contribution >= 0.6 is 11.6 Å². The molecule has 2 heterocycles. The van der Waals surface area contributed by atoms with Crippen LogP contribution in [0.25, 0.3) is 16.5 Å². The summed E-state index contributed by atoms with van der Waals surface area (Å²) >= 11 is 6.41. The van der Waals surface area contributed by atoms with Gasteiger partial charge < -0.3 is 14.0 Å². The van der Waals surface area contributed by atoms with Gasteiger partial charge in [-0.15, -0.1) is 0 Å². The van der Waals surface area contributed by atoms with E-state index in [1.807, 2.05) is 54.7 Å². The van der Waals surface area contributed by atoms with E-state index in [0.29, 0.717) is 5.02 Å². The predicted octanol–water partition coefficient (Wildman–Crippen LogP) is 6.01. The zero-order valence-corrected chi connectivity index (χ0v) is 17.2. The molecule has 0 unspecified atom stereocenters. The number of rotatable bonds is 3. The molecule has 30 heavy (non-hydrogen) atoms. The van der Waals surface area contributed by atoms with Crippen molar-refractivity contribution in [2.24, 2.45) is 0 Å². The number of methoxy groups -OCH3 is 1. The van der Waals surface area contributed by atoms with Crippen LogP contribution in [0.3, 0.4) is 0 Å². The lowest BCUT2D eigenvalue weighted by Crippen LogP contribution is -2.15. The maximum absolute atomic E-state index is 12.2. The molecular weight excluding hydrogens is 398 g/mol. The summed E-state index contributed by atoms with van der Waals surface area (Å²) in [5.41, 5.74) is 3.90. The van der Waals surface area contributed by atoms with Crippen LogP contribution in [0.2, 0.25) is 5.02 Å². The van der Waals surface area contributed by atoms with Crippen molar-refractivity contribution in [2.45, 2.75) is 18.6 Å².